The Morgan fingerprint density at radius 2 is 1.42 bits per heavy atom. The monoisotopic (exact) mass is 508 g/mol. The number of amides is 2. The highest BCUT2D eigenvalue weighted by atomic mass is 16.5. The molecule has 2 amide bonds. The van der Waals surface area contributed by atoms with Gasteiger partial charge in [0.2, 0.25) is 11.8 Å². The lowest BCUT2D eigenvalue weighted by Crippen LogP contribution is -2.25. The summed E-state index contributed by atoms with van der Waals surface area (Å²) in [6.45, 7) is 7.69. The summed E-state index contributed by atoms with van der Waals surface area (Å²) in [5.41, 5.74) is 2.17. The van der Waals surface area contributed by atoms with Crippen molar-refractivity contribution in [2.24, 2.45) is 0 Å². The molecule has 0 bridgehead atoms. The first-order chi connectivity index (χ1) is 18.4. The van der Waals surface area contributed by atoms with Gasteiger partial charge in [0.15, 0.2) is 0 Å². The van der Waals surface area contributed by atoms with Gasteiger partial charge in [0.1, 0.15) is 11.6 Å². The summed E-state index contributed by atoms with van der Waals surface area (Å²) in [7, 11) is 2.96. The van der Waals surface area contributed by atoms with Gasteiger partial charge in [0.25, 0.3) is 17.5 Å². The second-order valence-electron chi connectivity index (χ2n) is 7.71. The highest BCUT2D eigenvalue weighted by molar-refractivity contribution is 6.01. The SMILES string of the molecule is [C-]#[N+]C(=Cc1cccc(OC)n1)C(=O)NCc1cccc(CNC(=O)C(C#N)=Cc2cccc(OC)n2)c1. The molecule has 0 atom stereocenters. The van der Waals surface area contributed by atoms with E-state index in [1.807, 2.05) is 24.3 Å². The topological polar surface area (TPSA) is 131 Å². The number of benzene rings is 1. The fourth-order valence-electron chi connectivity index (χ4n) is 3.23. The number of aromatic nitrogens is 2. The van der Waals surface area contributed by atoms with Crippen LogP contribution in [0.25, 0.3) is 17.0 Å². The van der Waals surface area contributed by atoms with Crippen LogP contribution in [-0.4, -0.2) is 36.0 Å². The average Bonchev–Trinajstić information content (AvgIpc) is 2.96. The third kappa shape index (κ3) is 7.77. The van der Waals surface area contributed by atoms with Crippen molar-refractivity contribution in [1.29, 1.82) is 5.26 Å². The number of carbonyl (C=O) groups is 2. The van der Waals surface area contributed by atoms with E-state index >= 15 is 0 Å². The number of carbonyl (C=O) groups excluding carboxylic acids is 2. The number of ether oxygens (including phenoxy) is 2. The molecule has 190 valence electrons. The zero-order valence-corrected chi connectivity index (χ0v) is 20.8. The summed E-state index contributed by atoms with van der Waals surface area (Å²) in [6, 6.07) is 19.2. The van der Waals surface area contributed by atoms with Crippen LogP contribution in [0, 0.1) is 17.9 Å². The molecular weight excluding hydrogens is 484 g/mol. The van der Waals surface area contributed by atoms with Gasteiger partial charge >= 0.3 is 0 Å². The lowest BCUT2D eigenvalue weighted by molar-refractivity contribution is -0.118. The van der Waals surface area contributed by atoms with Crippen molar-refractivity contribution in [2.75, 3.05) is 14.2 Å². The van der Waals surface area contributed by atoms with Crippen molar-refractivity contribution in [2.45, 2.75) is 13.1 Å². The zero-order valence-electron chi connectivity index (χ0n) is 20.8. The van der Waals surface area contributed by atoms with Crippen LogP contribution in [0.15, 0.2) is 71.9 Å². The van der Waals surface area contributed by atoms with E-state index in [-0.39, 0.29) is 24.4 Å². The Morgan fingerprint density at radius 1 is 0.895 bits per heavy atom. The van der Waals surface area contributed by atoms with Crippen LogP contribution in [0.1, 0.15) is 22.5 Å². The molecule has 38 heavy (non-hydrogen) atoms. The van der Waals surface area contributed by atoms with Crippen LogP contribution in [0.3, 0.4) is 0 Å². The molecule has 2 heterocycles. The molecule has 0 unspecified atom stereocenters. The maximum absolute atomic E-state index is 12.5. The van der Waals surface area contributed by atoms with E-state index < -0.39 is 11.8 Å². The summed E-state index contributed by atoms with van der Waals surface area (Å²) in [5, 5.41) is 14.8. The van der Waals surface area contributed by atoms with Gasteiger partial charge in [-0.25, -0.2) is 14.8 Å². The maximum atomic E-state index is 12.5. The summed E-state index contributed by atoms with van der Waals surface area (Å²) < 4.78 is 10.1. The minimum absolute atomic E-state index is 0.0989. The third-order valence-corrected chi connectivity index (χ3v) is 5.10. The van der Waals surface area contributed by atoms with Gasteiger partial charge in [-0.15, -0.1) is 0 Å². The van der Waals surface area contributed by atoms with Gasteiger partial charge < -0.3 is 20.1 Å². The van der Waals surface area contributed by atoms with Gasteiger partial charge in [0.05, 0.1) is 32.2 Å². The summed E-state index contributed by atoms with van der Waals surface area (Å²) in [5.74, 6) is -0.342. The molecule has 2 aromatic heterocycles. The van der Waals surface area contributed by atoms with E-state index in [9.17, 15) is 14.9 Å². The van der Waals surface area contributed by atoms with Crippen molar-refractivity contribution in [3.8, 4) is 17.8 Å². The van der Waals surface area contributed by atoms with Crippen LogP contribution in [0.5, 0.6) is 11.8 Å². The molecule has 3 rings (SSSR count). The smallest absolute Gasteiger partial charge is 0.262 e. The molecule has 0 radical (unpaired) electrons. The summed E-state index contributed by atoms with van der Waals surface area (Å²) >= 11 is 0. The Hall–Kier alpha value is -5.48. The van der Waals surface area contributed by atoms with Crippen molar-refractivity contribution in [1.82, 2.24) is 20.6 Å². The van der Waals surface area contributed by atoms with Crippen LogP contribution in [-0.2, 0) is 22.7 Å². The Balaban J connectivity index is 1.60. The molecular formula is C28H24N6O4. The minimum atomic E-state index is -0.547. The first-order valence-corrected chi connectivity index (χ1v) is 11.3. The predicted octanol–water partition coefficient (Wildman–Crippen LogP) is 3.29. The molecule has 3 aromatic rings. The van der Waals surface area contributed by atoms with E-state index in [0.717, 1.165) is 11.1 Å². The standard InChI is InChI=1S/C28H24N6O4/c1-30-24(15-23-10-6-12-26(34-23)38-3)28(36)32-18-20-8-4-7-19(13-20)17-31-27(35)21(16-29)14-22-9-5-11-25(33-22)37-2/h4-15H,17-18H2,2-3H3,(H,31,35)(H,32,36). The Labute approximate surface area is 220 Å². The molecule has 0 aliphatic carbocycles. The number of rotatable bonds is 10. The molecule has 10 nitrogen and oxygen atoms in total. The summed E-state index contributed by atoms with van der Waals surface area (Å²) in [4.78, 5) is 36.8. The normalized spacial score (nSPS) is 11.1. The molecule has 0 aliphatic heterocycles. The number of pyridine rings is 2. The van der Waals surface area contributed by atoms with Crippen LogP contribution >= 0.6 is 0 Å². The fraction of sp³-hybridized carbons (Fsp3) is 0.143. The first-order valence-electron chi connectivity index (χ1n) is 11.3. The van der Waals surface area contributed by atoms with Gasteiger partial charge in [0, 0.05) is 25.2 Å². The van der Waals surface area contributed by atoms with Crippen molar-refractivity contribution in [3.63, 3.8) is 0 Å². The lowest BCUT2D eigenvalue weighted by Gasteiger charge is -2.09. The second kappa shape index (κ2) is 13.6. The second-order valence-corrected chi connectivity index (χ2v) is 7.71. The van der Waals surface area contributed by atoms with Crippen molar-refractivity contribution in [3.05, 3.63) is 106 Å². The van der Waals surface area contributed by atoms with E-state index in [0.29, 0.717) is 23.1 Å². The number of hydrogen-bond acceptors (Lipinski definition) is 7. The molecule has 10 heteroatoms. The largest absolute Gasteiger partial charge is 0.481 e. The predicted molar refractivity (Wildman–Crippen MR) is 140 cm³/mol. The number of nitriles is 1. The van der Waals surface area contributed by atoms with Gasteiger partial charge in [-0.3, -0.25) is 9.59 Å². The highest BCUT2D eigenvalue weighted by Crippen LogP contribution is 2.13. The maximum Gasteiger partial charge on any atom is 0.262 e. The number of methoxy groups -OCH3 is 2. The highest BCUT2D eigenvalue weighted by Gasteiger charge is 2.12. The fourth-order valence-corrected chi connectivity index (χ4v) is 3.23. The molecule has 0 fully saturated rings. The minimum Gasteiger partial charge on any atom is -0.481 e. The van der Waals surface area contributed by atoms with E-state index in [2.05, 4.69) is 25.4 Å². The number of hydrogen-bond donors (Lipinski definition) is 2. The van der Waals surface area contributed by atoms with Gasteiger partial charge in [-0.2, -0.15) is 5.26 Å². The van der Waals surface area contributed by atoms with E-state index in [1.54, 1.807) is 42.5 Å². The quantitative estimate of drug-likeness (QED) is 0.244. The van der Waals surface area contributed by atoms with Crippen LogP contribution in [0.2, 0.25) is 0 Å². The van der Waals surface area contributed by atoms with Crippen molar-refractivity contribution >= 4 is 24.0 Å². The van der Waals surface area contributed by atoms with Crippen molar-refractivity contribution < 1.29 is 19.1 Å². The molecule has 0 saturated carbocycles. The van der Waals surface area contributed by atoms with E-state index in [4.69, 9.17) is 16.0 Å². The lowest BCUT2D eigenvalue weighted by atomic mass is 10.1. The summed E-state index contributed by atoms with van der Waals surface area (Å²) in [6.07, 6.45) is 2.77. The molecule has 0 saturated heterocycles. The third-order valence-electron chi connectivity index (χ3n) is 5.10. The zero-order chi connectivity index (χ0) is 27.3. The molecule has 0 spiro atoms. The van der Waals surface area contributed by atoms with Crippen LogP contribution in [0.4, 0.5) is 0 Å². The Kier molecular flexibility index (Phi) is 9.68. The molecule has 1 aromatic carbocycles. The van der Waals surface area contributed by atoms with E-state index in [1.165, 1.54) is 26.4 Å². The van der Waals surface area contributed by atoms with Gasteiger partial charge in [-0.05, 0) is 35.4 Å². The number of nitrogens with zero attached hydrogens (tertiary/aromatic N) is 4. The molecule has 0 aliphatic rings. The number of nitrogens with one attached hydrogen (secondary N) is 2. The van der Waals surface area contributed by atoms with Gasteiger partial charge in [-0.1, -0.05) is 36.4 Å². The Bertz CT molecular complexity index is 1360. The molecule has 2 N–H and O–H groups in total. The Morgan fingerprint density at radius 3 is 1.95 bits per heavy atom. The van der Waals surface area contributed by atoms with Crippen LogP contribution < -0.4 is 20.1 Å². The average molecular weight is 509 g/mol. The first kappa shape index (κ1) is 27.1.